The third-order valence-corrected chi connectivity index (χ3v) is 0.895. The second-order valence-electron chi connectivity index (χ2n) is 1.48. The van der Waals surface area contributed by atoms with Gasteiger partial charge in [0, 0.05) is 18.6 Å². The highest BCUT2D eigenvalue weighted by atomic mass is 14.4. The predicted molar refractivity (Wildman–Crippen MR) is 26.1 cm³/mol. The van der Waals surface area contributed by atoms with E-state index in [1.165, 1.54) is 0 Å². The van der Waals surface area contributed by atoms with Gasteiger partial charge in [-0.05, 0) is 0 Å². The summed E-state index contributed by atoms with van der Waals surface area (Å²) in [6, 6.07) is 0. The summed E-state index contributed by atoms with van der Waals surface area (Å²) in [7, 11) is 0. The van der Waals surface area contributed by atoms with Gasteiger partial charge in [0.15, 0.2) is 0 Å². The first kappa shape index (κ1) is 3.59. The first-order valence-corrected chi connectivity index (χ1v) is 2.11. The van der Waals surface area contributed by atoms with Gasteiger partial charge in [-0.1, -0.05) is 12.2 Å². The fourth-order valence-electron chi connectivity index (χ4n) is 0.535. The van der Waals surface area contributed by atoms with Crippen LogP contribution in [-0.2, 0) is 0 Å². The zero-order valence-electron chi connectivity index (χ0n) is 3.57. The Hall–Kier alpha value is -0.590. The molecule has 1 aliphatic carbocycles. The van der Waals surface area contributed by atoms with Crippen LogP contribution in [0.25, 0.3) is 0 Å². The highest BCUT2D eigenvalue weighted by Gasteiger charge is 1.94. The molecule has 0 bridgehead atoms. The molecule has 32 valence electrons. The third-order valence-electron chi connectivity index (χ3n) is 0.895. The molecule has 0 amide bonds. The quantitative estimate of drug-likeness (QED) is 0.426. The van der Waals surface area contributed by atoms with Gasteiger partial charge < -0.3 is 5.41 Å². The SMILES string of the molecule is N=C1CC=CC1. The van der Waals surface area contributed by atoms with Crippen molar-refractivity contribution >= 4 is 5.71 Å². The van der Waals surface area contributed by atoms with E-state index in [1.54, 1.807) is 0 Å². The fraction of sp³-hybridized carbons (Fsp3) is 0.400. The van der Waals surface area contributed by atoms with Crippen LogP contribution in [0.1, 0.15) is 12.8 Å². The molecular formula is C5H7N. The van der Waals surface area contributed by atoms with E-state index in [0.717, 1.165) is 18.6 Å². The predicted octanol–water partition coefficient (Wildman–Crippen LogP) is 1.36. The van der Waals surface area contributed by atoms with Crippen molar-refractivity contribution in [3.63, 3.8) is 0 Å². The average molecular weight is 81.1 g/mol. The summed E-state index contributed by atoms with van der Waals surface area (Å²) < 4.78 is 0. The molecule has 0 unspecified atom stereocenters. The van der Waals surface area contributed by atoms with E-state index in [9.17, 15) is 0 Å². The molecule has 1 N–H and O–H groups in total. The van der Waals surface area contributed by atoms with Crippen LogP contribution in [0.3, 0.4) is 0 Å². The monoisotopic (exact) mass is 81.1 g/mol. The second kappa shape index (κ2) is 1.25. The lowest BCUT2D eigenvalue weighted by atomic mass is 10.3. The lowest BCUT2D eigenvalue weighted by Crippen LogP contribution is -1.81. The molecule has 0 saturated heterocycles. The lowest BCUT2D eigenvalue weighted by Gasteiger charge is -1.78. The minimum Gasteiger partial charge on any atom is -0.309 e. The van der Waals surface area contributed by atoms with E-state index in [0.29, 0.717) is 0 Å². The molecule has 1 heteroatoms. The molecule has 1 nitrogen and oxygen atoms in total. The van der Waals surface area contributed by atoms with Gasteiger partial charge in [-0.3, -0.25) is 0 Å². The molecule has 1 aliphatic rings. The Morgan fingerprint density at radius 3 is 2.00 bits per heavy atom. The maximum absolute atomic E-state index is 6.99. The Labute approximate surface area is 37.2 Å². The summed E-state index contributed by atoms with van der Waals surface area (Å²) in [5, 5.41) is 6.99. The molecule has 0 aromatic rings. The van der Waals surface area contributed by atoms with E-state index in [1.807, 2.05) is 12.2 Å². The Morgan fingerprint density at radius 1 is 1.33 bits per heavy atom. The van der Waals surface area contributed by atoms with Crippen LogP contribution in [0.5, 0.6) is 0 Å². The molecule has 0 heterocycles. The maximum Gasteiger partial charge on any atom is 0.0164 e. The van der Waals surface area contributed by atoms with Crippen molar-refractivity contribution in [2.24, 2.45) is 0 Å². The van der Waals surface area contributed by atoms with Crippen molar-refractivity contribution in [2.75, 3.05) is 0 Å². The summed E-state index contributed by atoms with van der Waals surface area (Å²) in [4.78, 5) is 0. The largest absolute Gasteiger partial charge is 0.309 e. The summed E-state index contributed by atoms with van der Waals surface area (Å²) in [6.07, 6.45) is 5.84. The summed E-state index contributed by atoms with van der Waals surface area (Å²) in [5.74, 6) is 0. The maximum atomic E-state index is 6.99. The van der Waals surface area contributed by atoms with Gasteiger partial charge in [0.25, 0.3) is 0 Å². The van der Waals surface area contributed by atoms with Gasteiger partial charge in [0.05, 0.1) is 0 Å². The fourth-order valence-corrected chi connectivity index (χ4v) is 0.535. The van der Waals surface area contributed by atoms with E-state index in [2.05, 4.69) is 0 Å². The first-order chi connectivity index (χ1) is 2.89. The molecule has 0 aliphatic heterocycles. The molecule has 0 fully saturated rings. The van der Waals surface area contributed by atoms with Crippen LogP contribution in [-0.4, -0.2) is 5.71 Å². The van der Waals surface area contributed by atoms with E-state index in [4.69, 9.17) is 5.41 Å². The van der Waals surface area contributed by atoms with E-state index in [-0.39, 0.29) is 0 Å². The van der Waals surface area contributed by atoms with Crippen LogP contribution in [0.2, 0.25) is 0 Å². The molecule has 6 heavy (non-hydrogen) atoms. The molecule has 0 aromatic heterocycles. The second-order valence-corrected chi connectivity index (χ2v) is 1.48. The first-order valence-electron chi connectivity index (χ1n) is 2.11. The normalized spacial score (nSPS) is 19.7. The van der Waals surface area contributed by atoms with Crippen LogP contribution in [0.15, 0.2) is 12.2 Å². The van der Waals surface area contributed by atoms with Crippen molar-refractivity contribution in [1.82, 2.24) is 0 Å². The zero-order valence-corrected chi connectivity index (χ0v) is 3.57. The molecular weight excluding hydrogens is 74.1 g/mol. The summed E-state index contributed by atoms with van der Waals surface area (Å²) >= 11 is 0. The number of rotatable bonds is 0. The molecule has 0 radical (unpaired) electrons. The van der Waals surface area contributed by atoms with E-state index >= 15 is 0 Å². The van der Waals surface area contributed by atoms with Crippen LogP contribution in [0.4, 0.5) is 0 Å². The van der Waals surface area contributed by atoms with Crippen molar-refractivity contribution < 1.29 is 0 Å². The molecule has 0 aromatic carbocycles. The van der Waals surface area contributed by atoms with Crippen molar-refractivity contribution in [1.29, 1.82) is 5.41 Å². The Balaban J connectivity index is 2.52. The highest BCUT2D eigenvalue weighted by Crippen LogP contribution is 2.01. The van der Waals surface area contributed by atoms with Gasteiger partial charge in [0.1, 0.15) is 0 Å². The minimum absolute atomic E-state index is 0.843. The van der Waals surface area contributed by atoms with Gasteiger partial charge in [0.2, 0.25) is 0 Å². The lowest BCUT2D eigenvalue weighted by molar-refractivity contribution is 1.34. The Morgan fingerprint density at radius 2 is 1.83 bits per heavy atom. The number of hydrogen-bond donors (Lipinski definition) is 1. The van der Waals surface area contributed by atoms with Gasteiger partial charge in [-0.2, -0.15) is 0 Å². The third kappa shape index (κ3) is 0.482. The number of hydrogen-bond acceptors (Lipinski definition) is 1. The van der Waals surface area contributed by atoms with Crippen LogP contribution in [0, 0.1) is 5.41 Å². The molecule has 0 spiro atoms. The van der Waals surface area contributed by atoms with Crippen LogP contribution >= 0.6 is 0 Å². The van der Waals surface area contributed by atoms with Crippen molar-refractivity contribution in [3.8, 4) is 0 Å². The highest BCUT2D eigenvalue weighted by molar-refractivity contribution is 5.86. The minimum atomic E-state index is 0.843. The topological polar surface area (TPSA) is 23.9 Å². The number of nitrogens with one attached hydrogen (secondary N) is 1. The van der Waals surface area contributed by atoms with Crippen molar-refractivity contribution in [2.45, 2.75) is 12.8 Å². The van der Waals surface area contributed by atoms with Gasteiger partial charge in [-0.15, -0.1) is 0 Å². The Bertz CT molecular complexity index is 82.1. The molecule has 0 saturated carbocycles. The smallest absolute Gasteiger partial charge is 0.0164 e. The Kier molecular flexibility index (Phi) is 0.748. The van der Waals surface area contributed by atoms with Crippen LogP contribution < -0.4 is 0 Å². The van der Waals surface area contributed by atoms with E-state index < -0.39 is 0 Å². The molecule has 0 atom stereocenters. The average Bonchev–Trinajstić information content (AvgIpc) is 1.86. The number of allylic oxidation sites excluding steroid dienone is 2. The summed E-state index contributed by atoms with van der Waals surface area (Å²) in [5.41, 5.74) is 0.843. The van der Waals surface area contributed by atoms with Gasteiger partial charge >= 0.3 is 0 Å². The summed E-state index contributed by atoms with van der Waals surface area (Å²) in [6.45, 7) is 0. The van der Waals surface area contributed by atoms with Crippen molar-refractivity contribution in [3.05, 3.63) is 12.2 Å². The molecule has 1 rings (SSSR count). The standard InChI is InChI=1S/C5H7N/c6-5-3-1-2-4-5/h1-2,6H,3-4H2. The zero-order chi connectivity index (χ0) is 4.41. The van der Waals surface area contributed by atoms with Gasteiger partial charge in [-0.25, -0.2) is 0 Å².